The number of carbonyl (C=O) groups excluding carboxylic acids is 1. The Kier molecular flexibility index (Phi) is 5.01. The van der Waals surface area contributed by atoms with Crippen molar-refractivity contribution in [2.75, 3.05) is 6.54 Å². The van der Waals surface area contributed by atoms with Gasteiger partial charge in [0.2, 0.25) is 5.91 Å². The molecule has 0 fully saturated rings. The van der Waals surface area contributed by atoms with Gasteiger partial charge in [-0.25, -0.2) is 0 Å². The number of hydrogen-bond acceptors (Lipinski definition) is 2. The van der Waals surface area contributed by atoms with E-state index in [2.05, 4.69) is 5.32 Å². The van der Waals surface area contributed by atoms with Crippen molar-refractivity contribution in [1.29, 1.82) is 5.26 Å². The van der Waals surface area contributed by atoms with Gasteiger partial charge in [-0.05, 0) is 17.7 Å². The molecule has 1 aromatic rings. The Morgan fingerprint density at radius 1 is 1.44 bits per heavy atom. The average Bonchev–Trinajstić information content (AvgIpc) is 2.26. The molecular formula is C13H14Cl2N2O. The lowest BCUT2D eigenvalue weighted by atomic mass is 9.84. The summed E-state index contributed by atoms with van der Waals surface area (Å²) in [5.74, 6) is -0.282. The number of rotatable bonds is 4. The van der Waals surface area contributed by atoms with Crippen LogP contribution in [-0.4, -0.2) is 12.5 Å². The Bertz CT molecular complexity index is 492. The third kappa shape index (κ3) is 3.90. The minimum Gasteiger partial charge on any atom is -0.354 e. The number of nitriles is 1. The molecule has 0 atom stereocenters. The zero-order chi connectivity index (χ0) is 13.8. The lowest BCUT2D eigenvalue weighted by Gasteiger charge is -2.26. The maximum atomic E-state index is 11.3. The molecule has 0 radical (unpaired) electrons. The third-order valence-corrected chi connectivity index (χ3v) is 3.18. The topological polar surface area (TPSA) is 52.9 Å². The second kappa shape index (κ2) is 6.08. The lowest BCUT2D eigenvalue weighted by Crippen LogP contribution is -2.36. The van der Waals surface area contributed by atoms with Gasteiger partial charge in [0.1, 0.15) is 6.42 Å². The molecule has 96 valence electrons. The van der Waals surface area contributed by atoms with Crippen LogP contribution in [0.15, 0.2) is 18.2 Å². The molecule has 0 aliphatic carbocycles. The monoisotopic (exact) mass is 284 g/mol. The van der Waals surface area contributed by atoms with E-state index >= 15 is 0 Å². The predicted molar refractivity (Wildman–Crippen MR) is 72.7 cm³/mol. The fraction of sp³-hybridized carbons (Fsp3) is 0.385. The second-order valence-corrected chi connectivity index (χ2v) is 5.46. The summed E-state index contributed by atoms with van der Waals surface area (Å²) < 4.78 is 0. The van der Waals surface area contributed by atoms with E-state index in [0.717, 1.165) is 5.56 Å². The van der Waals surface area contributed by atoms with Gasteiger partial charge in [0, 0.05) is 22.0 Å². The van der Waals surface area contributed by atoms with Gasteiger partial charge in [0.15, 0.2) is 0 Å². The van der Waals surface area contributed by atoms with Crippen LogP contribution < -0.4 is 5.32 Å². The molecule has 0 spiro atoms. The molecule has 3 nitrogen and oxygen atoms in total. The Balaban J connectivity index is 2.80. The smallest absolute Gasteiger partial charge is 0.234 e. The highest BCUT2D eigenvalue weighted by Crippen LogP contribution is 2.31. The van der Waals surface area contributed by atoms with Crippen LogP contribution >= 0.6 is 23.2 Å². The molecule has 0 unspecified atom stereocenters. The molecule has 5 heteroatoms. The zero-order valence-corrected chi connectivity index (χ0v) is 11.8. The summed E-state index contributed by atoms with van der Waals surface area (Å²) in [7, 11) is 0. The first-order valence-corrected chi connectivity index (χ1v) is 6.21. The van der Waals surface area contributed by atoms with E-state index in [1.807, 2.05) is 19.9 Å². The summed E-state index contributed by atoms with van der Waals surface area (Å²) >= 11 is 12.0. The number of amides is 1. The quantitative estimate of drug-likeness (QED) is 0.922. The predicted octanol–water partition coefficient (Wildman–Crippen LogP) is 3.30. The Hall–Kier alpha value is -1.24. The van der Waals surface area contributed by atoms with Gasteiger partial charge >= 0.3 is 0 Å². The summed E-state index contributed by atoms with van der Waals surface area (Å²) in [6, 6.07) is 7.10. The molecule has 0 saturated heterocycles. The van der Waals surface area contributed by atoms with E-state index in [0.29, 0.717) is 16.6 Å². The first-order chi connectivity index (χ1) is 8.36. The van der Waals surface area contributed by atoms with Crippen molar-refractivity contribution in [3.05, 3.63) is 33.8 Å². The zero-order valence-electron chi connectivity index (χ0n) is 10.3. The van der Waals surface area contributed by atoms with Crippen LogP contribution in [0.1, 0.15) is 25.8 Å². The highest BCUT2D eigenvalue weighted by Gasteiger charge is 2.24. The minimum atomic E-state index is -0.327. The van der Waals surface area contributed by atoms with E-state index in [4.69, 9.17) is 28.5 Å². The van der Waals surface area contributed by atoms with Crippen LogP contribution in [0.5, 0.6) is 0 Å². The van der Waals surface area contributed by atoms with Crippen LogP contribution in [-0.2, 0) is 10.2 Å². The van der Waals surface area contributed by atoms with Gasteiger partial charge in [-0.2, -0.15) is 5.26 Å². The maximum Gasteiger partial charge on any atom is 0.234 e. The van der Waals surface area contributed by atoms with Crippen molar-refractivity contribution in [2.24, 2.45) is 0 Å². The first kappa shape index (κ1) is 14.8. The number of halogens is 2. The SMILES string of the molecule is CC(C)(CNC(=O)CC#N)c1ccc(Cl)cc1Cl. The number of nitrogens with zero attached hydrogens (tertiary/aromatic N) is 1. The molecule has 0 aliphatic rings. The van der Waals surface area contributed by atoms with Crippen LogP contribution in [0.25, 0.3) is 0 Å². The molecule has 18 heavy (non-hydrogen) atoms. The maximum absolute atomic E-state index is 11.3. The molecule has 0 saturated carbocycles. The van der Waals surface area contributed by atoms with Crippen molar-refractivity contribution < 1.29 is 4.79 Å². The molecular weight excluding hydrogens is 271 g/mol. The fourth-order valence-electron chi connectivity index (χ4n) is 1.59. The molecule has 1 aromatic carbocycles. The van der Waals surface area contributed by atoms with E-state index < -0.39 is 0 Å². The van der Waals surface area contributed by atoms with E-state index in [9.17, 15) is 4.79 Å². The third-order valence-electron chi connectivity index (χ3n) is 2.63. The molecule has 1 N–H and O–H groups in total. The minimum absolute atomic E-state index is 0.134. The van der Waals surface area contributed by atoms with Gasteiger partial charge < -0.3 is 5.32 Å². The largest absolute Gasteiger partial charge is 0.354 e. The van der Waals surface area contributed by atoms with Crippen molar-refractivity contribution in [2.45, 2.75) is 25.7 Å². The standard InChI is InChI=1S/C13H14Cl2N2O/c1-13(2,8-17-12(18)5-6-16)10-4-3-9(14)7-11(10)15/h3-4,7H,5,8H2,1-2H3,(H,17,18). The van der Waals surface area contributed by atoms with Crippen LogP contribution in [0.4, 0.5) is 0 Å². The summed E-state index contributed by atoms with van der Waals surface area (Å²) in [5.41, 5.74) is 0.582. The first-order valence-electron chi connectivity index (χ1n) is 5.46. The number of nitrogens with one attached hydrogen (secondary N) is 1. The number of benzene rings is 1. The number of carbonyl (C=O) groups is 1. The highest BCUT2D eigenvalue weighted by molar-refractivity contribution is 6.35. The Morgan fingerprint density at radius 3 is 2.67 bits per heavy atom. The Morgan fingerprint density at radius 2 is 2.11 bits per heavy atom. The molecule has 0 bridgehead atoms. The van der Waals surface area contributed by atoms with Crippen molar-refractivity contribution in [3.8, 4) is 6.07 Å². The second-order valence-electron chi connectivity index (χ2n) is 4.62. The molecule has 0 heterocycles. The Labute approximate surface area is 117 Å². The molecule has 1 rings (SSSR count). The highest BCUT2D eigenvalue weighted by atomic mass is 35.5. The van der Waals surface area contributed by atoms with Crippen molar-refractivity contribution >= 4 is 29.1 Å². The van der Waals surface area contributed by atoms with E-state index in [1.54, 1.807) is 18.2 Å². The summed E-state index contributed by atoms with van der Waals surface area (Å²) in [6.07, 6.45) is -0.134. The summed E-state index contributed by atoms with van der Waals surface area (Å²) in [6.45, 7) is 4.35. The van der Waals surface area contributed by atoms with E-state index in [1.165, 1.54) is 0 Å². The summed E-state index contributed by atoms with van der Waals surface area (Å²) in [4.78, 5) is 11.3. The van der Waals surface area contributed by atoms with Gasteiger partial charge in [-0.3, -0.25) is 4.79 Å². The van der Waals surface area contributed by atoms with Crippen LogP contribution in [0, 0.1) is 11.3 Å². The van der Waals surface area contributed by atoms with Gasteiger partial charge in [0.25, 0.3) is 0 Å². The number of hydrogen-bond donors (Lipinski definition) is 1. The van der Waals surface area contributed by atoms with Crippen LogP contribution in [0.2, 0.25) is 10.0 Å². The molecule has 1 amide bonds. The van der Waals surface area contributed by atoms with Crippen LogP contribution in [0.3, 0.4) is 0 Å². The van der Waals surface area contributed by atoms with Crippen molar-refractivity contribution in [1.82, 2.24) is 5.32 Å². The van der Waals surface area contributed by atoms with Gasteiger partial charge in [-0.1, -0.05) is 43.1 Å². The van der Waals surface area contributed by atoms with Gasteiger partial charge in [-0.15, -0.1) is 0 Å². The average molecular weight is 285 g/mol. The lowest BCUT2D eigenvalue weighted by molar-refractivity contribution is -0.120. The molecule has 0 aliphatic heterocycles. The summed E-state index contributed by atoms with van der Waals surface area (Å²) in [5, 5.41) is 12.3. The van der Waals surface area contributed by atoms with E-state index in [-0.39, 0.29) is 17.7 Å². The van der Waals surface area contributed by atoms with Crippen molar-refractivity contribution in [3.63, 3.8) is 0 Å². The molecule has 0 aromatic heterocycles. The van der Waals surface area contributed by atoms with Gasteiger partial charge in [0.05, 0.1) is 6.07 Å². The fourth-order valence-corrected chi connectivity index (χ4v) is 2.25. The normalized spacial score (nSPS) is 10.8.